The number of hydrogen-bond donors (Lipinski definition) is 5. The van der Waals surface area contributed by atoms with Crippen molar-refractivity contribution in [2.24, 2.45) is 10.8 Å². The maximum atomic E-state index is 12.3. The fraction of sp³-hybridized carbons (Fsp3) is 0.200. The van der Waals surface area contributed by atoms with Gasteiger partial charge in [0.05, 0.1) is 12.1 Å². The van der Waals surface area contributed by atoms with Crippen LogP contribution in [0.4, 0.5) is 24.5 Å². The molecular weight excluding hydrogens is 433 g/mol. The van der Waals surface area contributed by atoms with E-state index in [9.17, 15) is 22.8 Å². The lowest BCUT2D eigenvalue weighted by Gasteiger charge is -2.11. The van der Waals surface area contributed by atoms with Crippen molar-refractivity contribution in [3.05, 3.63) is 59.7 Å². The van der Waals surface area contributed by atoms with Crippen molar-refractivity contribution in [3.63, 3.8) is 0 Å². The van der Waals surface area contributed by atoms with Crippen LogP contribution in [0, 0.1) is 0 Å². The van der Waals surface area contributed by atoms with E-state index in [-0.39, 0.29) is 18.2 Å². The molecule has 0 heterocycles. The number of anilines is 1. The minimum atomic E-state index is -5.08. The maximum Gasteiger partial charge on any atom is 0.490 e. The lowest BCUT2D eigenvalue weighted by Crippen LogP contribution is -2.21. The van der Waals surface area contributed by atoms with Gasteiger partial charge in [-0.3, -0.25) is 9.59 Å². The van der Waals surface area contributed by atoms with E-state index in [0.717, 1.165) is 5.56 Å². The first-order valence-corrected chi connectivity index (χ1v) is 8.96. The number of nitrogens with two attached hydrogens (primary N) is 1. The Hall–Kier alpha value is -3.93. The molecule has 1 amide bonds. The van der Waals surface area contributed by atoms with Gasteiger partial charge >= 0.3 is 18.1 Å². The van der Waals surface area contributed by atoms with Crippen LogP contribution in [0.3, 0.4) is 0 Å². The predicted octanol–water partition coefficient (Wildman–Crippen LogP) is 3.27. The summed E-state index contributed by atoms with van der Waals surface area (Å²) in [6.07, 6.45) is -3.69. The standard InChI is InChI=1S/C18H20N4O3.C2HF3O2/c1-12(9-17(23)24)13-5-7-15(8-6-13)22-18(25)14-3-2-4-16(10-14)20-11-21-19;3-2(4,5)1(6)7/h2-8,10-12H,9,19H2,1H3,(H,20,21)(H,22,25)(H,23,24);(H,6,7). The molecule has 0 aliphatic heterocycles. The number of nitrogens with zero attached hydrogens (tertiary/aromatic N) is 1. The summed E-state index contributed by atoms with van der Waals surface area (Å²) in [5.74, 6) is 1.18. The Labute approximate surface area is 180 Å². The molecule has 32 heavy (non-hydrogen) atoms. The molecule has 2 rings (SSSR count). The Bertz CT molecular complexity index is 962. The maximum absolute atomic E-state index is 12.3. The number of benzene rings is 2. The van der Waals surface area contributed by atoms with Gasteiger partial charge in [-0.25, -0.2) is 15.6 Å². The minimum Gasteiger partial charge on any atom is -0.481 e. The number of nitrogens with one attached hydrogen (secondary N) is 2. The van der Waals surface area contributed by atoms with Gasteiger partial charge in [0.1, 0.15) is 6.34 Å². The number of carboxylic acid groups (broad SMARTS) is 2. The van der Waals surface area contributed by atoms with Crippen LogP contribution in [-0.2, 0) is 9.59 Å². The molecule has 6 N–H and O–H groups in total. The number of amides is 1. The molecule has 0 saturated carbocycles. The van der Waals surface area contributed by atoms with Crippen molar-refractivity contribution in [2.75, 3.05) is 5.32 Å². The van der Waals surface area contributed by atoms with Gasteiger partial charge in [0, 0.05) is 11.3 Å². The SMILES string of the molecule is CC(CC(=O)O)c1ccc(NC(=O)c2cccc(N=CNN)c2)cc1.O=C(O)C(F)(F)F. The molecule has 0 fully saturated rings. The van der Waals surface area contributed by atoms with Gasteiger partial charge in [0.15, 0.2) is 0 Å². The first-order chi connectivity index (χ1) is 14.9. The first-order valence-electron chi connectivity index (χ1n) is 8.96. The molecule has 9 nitrogen and oxygen atoms in total. The highest BCUT2D eigenvalue weighted by Crippen LogP contribution is 2.22. The van der Waals surface area contributed by atoms with Gasteiger partial charge in [-0.15, -0.1) is 0 Å². The zero-order valence-corrected chi connectivity index (χ0v) is 16.8. The molecule has 172 valence electrons. The van der Waals surface area contributed by atoms with Crippen molar-refractivity contribution in [2.45, 2.75) is 25.4 Å². The van der Waals surface area contributed by atoms with Gasteiger partial charge < -0.3 is 21.0 Å². The Morgan fingerprint density at radius 3 is 2.22 bits per heavy atom. The zero-order chi connectivity index (χ0) is 24.3. The van der Waals surface area contributed by atoms with Crippen LogP contribution in [0.25, 0.3) is 0 Å². The number of halogens is 3. The van der Waals surface area contributed by atoms with Crippen LogP contribution < -0.4 is 16.6 Å². The molecule has 1 atom stereocenters. The highest BCUT2D eigenvalue weighted by molar-refractivity contribution is 6.04. The summed E-state index contributed by atoms with van der Waals surface area (Å²) in [4.78, 5) is 36.0. The van der Waals surface area contributed by atoms with Crippen molar-refractivity contribution in [1.29, 1.82) is 0 Å². The average Bonchev–Trinajstić information content (AvgIpc) is 2.72. The number of carbonyl (C=O) groups is 3. The molecular formula is C20H21F3N4O5. The Morgan fingerprint density at radius 2 is 1.72 bits per heavy atom. The van der Waals surface area contributed by atoms with E-state index in [4.69, 9.17) is 20.9 Å². The molecule has 1 unspecified atom stereocenters. The molecule has 0 bridgehead atoms. The van der Waals surface area contributed by atoms with Gasteiger partial charge in [-0.05, 0) is 41.8 Å². The molecule has 0 radical (unpaired) electrons. The summed E-state index contributed by atoms with van der Waals surface area (Å²) < 4.78 is 31.7. The number of hydrogen-bond acceptors (Lipinski definition) is 5. The van der Waals surface area contributed by atoms with E-state index in [1.165, 1.54) is 6.34 Å². The fourth-order valence-electron chi connectivity index (χ4n) is 2.32. The summed E-state index contributed by atoms with van der Waals surface area (Å²) in [6.45, 7) is 1.85. The molecule has 0 aromatic heterocycles. The van der Waals surface area contributed by atoms with E-state index in [2.05, 4.69) is 15.7 Å². The Morgan fingerprint density at radius 1 is 1.12 bits per heavy atom. The van der Waals surface area contributed by atoms with Crippen LogP contribution in [0.2, 0.25) is 0 Å². The molecule has 2 aromatic carbocycles. The third kappa shape index (κ3) is 9.26. The number of rotatable bonds is 7. The van der Waals surface area contributed by atoms with Crippen molar-refractivity contribution < 1.29 is 37.8 Å². The van der Waals surface area contributed by atoms with Crippen LogP contribution in [0.15, 0.2) is 53.5 Å². The lowest BCUT2D eigenvalue weighted by atomic mass is 9.98. The van der Waals surface area contributed by atoms with Crippen molar-refractivity contribution in [1.82, 2.24) is 5.43 Å². The number of aliphatic carboxylic acids is 2. The van der Waals surface area contributed by atoms with Crippen molar-refractivity contribution >= 4 is 35.6 Å². The summed E-state index contributed by atoms with van der Waals surface area (Å²) in [7, 11) is 0. The zero-order valence-electron chi connectivity index (χ0n) is 16.8. The van der Waals surface area contributed by atoms with Gasteiger partial charge in [0.2, 0.25) is 0 Å². The molecule has 0 saturated heterocycles. The summed E-state index contributed by atoms with van der Waals surface area (Å²) >= 11 is 0. The third-order valence-electron chi connectivity index (χ3n) is 3.86. The fourth-order valence-corrected chi connectivity index (χ4v) is 2.32. The molecule has 0 spiro atoms. The van der Waals surface area contributed by atoms with E-state index in [1.54, 1.807) is 36.4 Å². The first kappa shape index (κ1) is 26.1. The highest BCUT2D eigenvalue weighted by Gasteiger charge is 2.38. The van der Waals surface area contributed by atoms with E-state index < -0.39 is 18.1 Å². The topological polar surface area (TPSA) is 154 Å². The molecule has 0 aliphatic rings. The smallest absolute Gasteiger partial charge is 0.481 e. The second-order valence-corrected chi connectivity index (χ2v) is 6.35. The second-order valence-electron chi connectivity index (χ2n) is 6.35. The number of aliphatic imine (C=N–C) groups is 1. The number of hydrazine groups is 1. The third-order valence-corrected chi connectivity index (χ3v) is 3.86. The quantitative estimate of drug-likeness (QED) is 0.186. The van der Waals surface area contributed by atoms with E-state index in [1.807, 2.05) is 19.1 Å². The molecule has 0 aliphatic carbocycles. The summed E-state index contributed by atoms with van der Waals surface area (Å²) in [5, 5.41) is 18.8. The highest BCUT2D eigenvalue weighted by atomic mass is 19.4. The van der Waals surface area contributed by atoms with E-state index >= 15 is 0 Å². The monoisotopic (exact) mass is 454 g/mol. The van der Waals surface area contributed by atoms with Gasteiger partial charge in [-0.2, -0.15) is 13.2 Å². The lowest BCUT2D eigenvalue weighted by molar-refractivity contribution is -0.192. The Kier molecular flexibility index (Phi) is 9.83. The van der Waals surface area contributed by atoms with E-state index in [0.29, 0.717) is 16.9 Å². The van der Waals surface area contributed by atoms with Gasteiger partial charge in [-0.1, -0.05) is 25.1 Å². The molecule has 12 heteroatoms. The average molecular weight is 454 g/mol. The Balaban J connectivity index is 0.000000633. The van der Waals surface area contributed by atoms with Crippen LogP contribution in [0.1, 0.15) is 35.2 Å². The van der Waals surface area contributed by atoms with Crippen molar-refractivity contribution in [3.8, 4) is 0 Å². The van der Waals surface area contributed by atoms with Crippen LogP contribution in [0.5, 0.6) is 0 Å². The number of carboxylic acids is 2. The number of carbonyl (C=O) groups excluding carboxylic acids is 1. The van der Waals surface area contributed by atoms with Gasteiger partial charge in [0.25, 0.3) is 5.91 Å². The largest absolute Gasteiger partial charge is 0.490 e. The van der Waals surface area contributed by atoms with Crippen LogP contribution >= 0.6 is 0 Å². The minimum absolute atomic E-state index is 0.0661. The predicted molar refractivity (Wildman–Crippen MR) is 111 cm³/mol. The normalized spacial score (nSPS) is 11.8. The summed E-state index contributed by atoms with van der Waals surface area (Å²) in [6, 6.07) is 14.0. The summed E-state index contributed by atoms with van der Waals surface area (Å²) in [5.41, 5.74) is 4.91. The number of alkyl halides is 3. The molecule has 2 aromatic rings. The van der Waals surface area contributed by atoms with Crippen LogP contribution in [-0.4, -0.2) is 40.6 Å². The second kappa shape index (κ2) is 12.1.